The number of hydrogen-bond acceptors (Lipinski definition) is 3. The van der Waals surface area contributed by atoms with Gasteiger partial charge in [-0.25, -0.2) is 8.42 Å². The van der Waals surface area contributed by atoms with Gasteiger partial charge < -0.3 is 0 Å². The number of nitrogens with zero attached hydrogens (tertiary/aromatic N) is 1. The van der Waals surface area contributed by atoms with Gasteiger partial charge in [0.1, 0.15) is 9.84 Å². The summed E-state index contributed by atoms with van der Waals surface area (Å²) in [5.41, 5.74) is 0.0891. The molecule has 0 spiro atoms. The molecule has 84 valence electrons. The van der Waals surface area contributed by atoms with Crippen LogP contribution in [0, 0.1) is 0 Å². The van der Waals surface area contributed by atoms with E-state index in [9.17, 15) is 8.42 Å². The first kappa shape index (κ1) is 12.0. The summed E-state index contributed by atoms with van der Waals surface area (Å²) in [5, 5.41) is 0. The van der Waals surface area contributed by atoms with Crippen LogP contribution in [0.15, 0.2) is 0 Å². The molecule has 0 amide bonds. The highest BCUT2D eigenvalue weighted by molar-refractivity contribution is 7.90. The SMILES string of the molecule is CC(C)(C)N1CCCC1CS(C)(=O)=O. The topological polar surface area (TPSA) is 37.4 Å². The number of rotatable bonds is 2. The Bertz CT molecular complexity index is 290. The van der Waals surface area contributed by atoms with Gasteiger partial charge in [-0.3, -0.25) is 4.90 Å². The molecule has 0 aromatic rings. The van der Waals surface area contributed by atoms with E-state index in [1.165, 1.54) is 6.26 Å². The second-order valence-electron chi connectivity index (χ2n) is 5.25. The molecule has 0 bridgehead atoms. The molecule has 0 aromatic heterocycles. The van der Waals surface area contributed by atoms with Crippen molar-refractivity contribution < 1.29 is 8.42 Å². The zero-order valence-corrected chi connectivity index (χ0v) is 10.4. The molecule has 0 aromatic carbocycles. The van der Waals surface area contributed by atoms with Gasteiger partial charge in [0.15, 0.2) is 0 Å². The maximum Gasteiger partial charge on any atom is 0.148 e. The van der Waals surface area contributed by atoms with E-state index in [1.807, 2.05) is 0 Å². The van der Waals surface area contributed by atoms with E-state index in [0.717, 1.165) is 19.4 Å². The molecule has 3 nitrogen and oxygen atoms in total. The van der Waals surface area contributed by atoms with Crippen molar-refractivity contribution >= 4 is 9.84 Å². The van der Waals surface area contributed by atoms with Crippen molar-refractivity contribution in [3.63, 3.8) is 0 Å². The summed E-state index contributed by atoms with van der Waals surface area (Å²) >= 11 is 0. The standard InChI is InChI=1S/C10H21NO2S/c1-10(2,3)11-7-5-6-9(11)8-14(4,12)13/h9H,5-8H2,1-4H3. The minimum atomic E-state index is -2.84. The molecule has 0 radical (unpaired) electrons. The smallest absolute Gasteiger partial charge is 0.148 e. The monoisotopic (exact) mass is 219 g/mol. The van der Waals surface area contributed by atoms with Crippen molar-refractivity contribution in [2.24, 2.45) is 0 Å². The summed E-state index contributed by atoms with van der Waals surface area (Å²) in [5.74, 6) is 0.310. The first-order chi connectivity index (χ1) is 6.20. The Balaban J connectivity index is 2.70. The largest absolute Gasteiger partial charge is 0.295 e. The van der Waals surface area contributed by atoms with Crippen LogP contribution in [0.5, 0.6) is 0 Å². The van der Waals surface area contributed by atoms with Gasteiger partial charge in [-0.15, -0.1) is 0 Å². The fourth-order valence-corrected chi connectivity index (χ4v) is 3.29. The summed E-state index contributed by atoms with van der Waals surface area (Å²) in [6.07, 6.45) is 3.47. The van der Waals surface area contributed by atoms with Crippen LogP contribution in [0.1, 0.15) is 33.6 Å². The van der Waals surface area contributed by atoms with Crippen molar-refractivity contribution in [2.75, 3.05) is 18.6 Å². The maximum atomic E-state index is 11.2. The zero-order valence-electron chi connectivity index (χ0n) is 9.58. The number of likely N-dealkylation sites (tertiary alicyclic amines) is 1. The summed E-state index contributed by atoms with van der Waals surface area (Å²) in [4.78, 5) is 2.31. The third kappa shape index (κ3) is 3.24. The van der Waals surface area contributed by atoms with Crippen LogP contribution in [-0.2, 0) is 9.84 Å². The molecular formula is C10H21NO2S. The van der Waals surface area contributed by atoms with Crippen molar-refractivity contribution in [2.45, 2.75) is 45.2 Å². The van der Waals surface area contributed by atoms with Gasteiger partial charge in [0.05, 0.1) is 5.75 Å². The van der Waals surface area contributed by atoms with Crippen LogP contribution in [0.25, 0.3) is 0 Å². The van der Waals surface area contributed by atoms with Crippen LogP contribution >= 0.6 is 0 Å². The zero-order chi connectivity index (χ0) is 11.0. The molecule has 1 saturated heterocycles. The van der Waals surface area contributed by atoms with Crippen molar-refractivity contribution in [1.82, 2.24) is 4.90 Å². The fourth-order valence-electron chi connectivity index (χ4n) is 2.24. The molecule has 0 N–H and O–H groups in total. The van der Waals surface area contributed by atoms with Gasteiger partial charge in [-0.05, 0) is 40.2 Å². The molecule has 1 unspecified atom stereocenters. The van der Waals surface area contributed by atoms with E-state index in [1.54, 1.807) is 0 Å². The van der Waals surface area contributed by atoms with Gasteiger partial charge in [0.2, 0.25) is 0 Å². The number of sulfone groups is 1. The fraction of sp³-hybridized carbons (Fsp3) is 1.00. The molecule has 0 saturated carbocycles. The second-order valence-corrected chi connectivity index (χ2v) is 7.44. The highest BCUT2D eigenvalue weighted by Gasteiger charge is 2.34. The Labute approximate surface area is 87.4 Å². The van der Waals surface area contributed by atoms with Crippen molar-refractivity contribution in [1.29, 1.82) is 0 Å². The van der Waals surface area contributed by atoms with Crippen LogP contribution in [0.4, 0.5) is 0 Å². The van der Waals surface area contributed by atoms with Crippen LogP contribution in [-0.4, -0.2) is 43.5 Å². The molecule has 1 fully saturated rings. The van der Waals surface area contributed by atoms with E-state index >= 15 is 0 Å². The normalized spacial score (nSPS) is 25.6. The number of hydrogen-bond donors (Lipinski definition) is 0. The second kappa shape index (κ2) is 3.81. The summed E-state index contributed by atoms with van der Waals surface area (Å²) < 4.78 is 22.5. The lowest BCUT2D eigenvalue weighted by Gasteiger charge is -2.36. The molecule has 1 aliphatic heterocycles. The molecule has 1 rings (SSSR count). The third-order valence-corrected chi connectivity index (χ3v) is 3.72. The van der Waals surface area contributed by atoms with Gasteiger partial charge in [0.25, 0.3) is 0 Å². The molecule has 4 heteroatoms. The predicted molar refractivity (Wildman–Crippen MR) is 59.2 cm³/mol. The lowest BCUT2D eigenvalue weighted by Crippen LogP contribution is -2.46. The Kier molecular flexibility index (Phi) is 3.26. The van der Waals surface area contributed by atoms with Gasteiger partial charge in [0, 0.05) is 17.8 Å². The van der Waals surface area contributed by atoms with E-state index in [0.29, 0.717) is 5.75 Å². The summed E-state index contributed by atoms with van der Waals surface area (Å²) in [7, 11) is -2.84. The van der Waals surface area contributed by atoms with Crippen LogP contribution in [0.3, 0.4) is 0 Å². The molecule has 14 heavy (non-hydrogen) atoms. The van der Waals surface area contributed by atoms with Gasteiger partial charge in [-0.1, -0.05) is 0 Å². The minimum Gasteiger partial charge on any atom is -0.295 e. The lowest BCUT2D eigenvalue weighted by atomic mass is 10.1. The first-order valence-corrected chi connectivity index (χ1v) is 7.21. The summed E-state index contributed by atoms with van der Waals surface area (Å²) in [6, 6.07) is 0.227. The van der Waals surface area contributed by atoms with E-state index in [2.05, 4.69) is 25.7 Å². The Morgan fingerprint density at radius 3 is 2.36 bits per heavy atom. The Morgan fingerprint density at radius 1 is 1.36 bits per heavy atom. The molecule has 1 aliphatic rings. The van der Waals surface area contributed by atoms with E-state index in [-0.39, 0.29) is 11.6 Å². The first-order valence-electron chi connectivity index (χ1n) is 5.14. The predicted octanol–water partition coefficient (Wildman–Crippen LogP) is 1.29. The maximum absolute atomic E-state index is 11.2. The summed E-state index contributed by atoms with van der Waals surface area (Å²) in [6.45, 7) is 7.47. The quantitative estimate of drug-likeness (QED) is 0.702. The molecule has 1 heterocycles. The Morgan fingerprint density at radius 2 is 1.93 bits per heavy atom. The molecular weight excluding hydrogens is 198 g/mol. The van der Waals surface area contributed by atoms with E-state index < -0.39 is 9.84 Å². The van der Waals surface area contributed by atoms with Crippen molar-refractivity contribution in [3.8, 4) is 0 Å². The van der Waals surface area contributed by atoms with Crippen molar-refractivity contribution in [3.05, 3.63) is 0 Å². The van der Waals surface area contributed by atoms with E-state index in [4.69, 9.17) is 0 Å². The highest BCUT2D eigenvalue weighted by Crippen LogP contribution is 2.26. The lowest BCUT2D eigenvalue weighted by molar-refractivity contribution is 0.132. The third-order valence-electron chi connectivity index (χ3n) is 2.73. The highest BCUT2D eigenvalue weighted by atomic mass is 32.2. The van der Waals surface area contributed by atoms with Crippen LogP contribution in [0.2, 0.25) is 0 Å². The van der Waals surface area contributed by atoms with Gasteiger partial charge >= 0.3 is 0 Å². The minimum absolute atomic E-state index is 0.0891. The Hall–Kier alpha value is -0.0900. The average Bonchev–Trinajstić information content (AvgIpc) is 2.29. The van der Waals surface area contributed by atoms with Gasteiger partial charge in [-0.2, -0.15) is 0 Å². The molecule has 0 aliphatic carbocycles. The van der Waals surface area contributed by atoms with Crippen LogP contribution < -0.4 is 0 Å². The molecule has 1 atom stereocenters. The average molecular weight is 219 g/mol.